The number of nitrogens with zero attached hydrogens (tertiary/aromatic N) is 2. The molecule has 0 saturated heterocycles. The maximum absolute atomic E-state index is 12.6. The van der Waals surface area contributed by atoms with Gasteiger partial charge in [0.1, 0.15) is 5.75 Å². The summed E-state index contributed by atoms with van der Waals surface area (Å²) in [6, 6.07) is 13.2. The fourth-order valence-corrected chi connectivity index (χ4v) is 3.93. The molecule has 0 fully saturated rings. The molecule has 3 rings (SSSR count). The fraction of sp³-hybridized carbons (Fsp3) is 0.158. The van der Waals surface area contributed by atoms with E-state index in [1.54, 1.807) is 24.9 Å². The van der Waals surface area contributed by atoms with Crippen LogP contribution in [-0.2, 0) is 6.54 Å². The van der Waals surface area contributed by atoms with Crippen LogP contribution in [0.25, 0.3) is 10.2 Å². The van der Waals surface area contributed by atoms with Gasteiger partial charge in [0.25, 0.3) is 5.91 Å². The Kier molecular flexibility index (Phi) is 5.27. The van der Waals surface area contributed by atoms with Gasteiger partial charge in [-0.05, 0) is 42.7 Å². The number of rotatable bonds is 4. The maximum atomic E-state index is 12.6. The number of methoxy groups -OCH3 is 1. The number of terminal acetylenes is 1. The summed E-state index contributed by atoms with van der Waals surface area (Å²) in [6.45, 7) is 0.350. The van der Waals surface area contributed by atoms with Crippen LogP contribution >= 0.6 is 23.1 Å². The number of thioether (sulfide) groups is 1. The Bertz CT molecular complexity index is 1040. The summed E-state index contributed by atoms with van der Waals surface area (Å²) in [4.78, 5) is 18.5. The van der Waals surface area contributed by atoms with E-state index in [9.17, 15) is 4.79 Å². The summed E-state index contributed by atoms with van der Waals surface area (Å²) in [7, 11) is 1.62. The number of thiazole rings is 1. The minimum absolute atomic E-state index is 0.278. The van der Waals surface area contributed by atoms with Crippen molar-refractivity contribution in [2.75, 3.05) is 13.4 Å². The second-order valence-electron chi connectivity index (χ2n) is 5.16. The number of hydrogen-bond acceptors (Lipinski definition) is 4. The van der Waals surface area contributed by atoms with Gasteiger partial charge in [0, 0.05) is 10.5 Å². The van der Waals surface area contributed by atoms with Gasteiger partial charge in [0.2, 0.25) is 0 Å². The topological polar surface area (TPSA) is 43.6 Å². The molecule has 0 unspecified atom stereocenters. The van der Waals surface area contributed by atoms with Crippen LogP contribution in [0.15, 0.2) is 52.4 Å². The second-order valence-corrected chi connectivity index (χ2v) is 7.05. The van der Waals surface area contributed by atoms with Crippen LogP contribution in [0.5, 0.6) is 5.75 Å². The van der Waals surface area contributed by atoms with E-state index in [0.717, 1.165) is 20.9 Å². The zero-order chi connectivity index (χ0) is 17.8. The molecule has 126 valence electrons. The third-order valence-electron chi connectivity index (χ3n) is 3.65. The van der Waals surface area contributed by atoms with Crippen molar-refractivity contribution in [3.63, 3.8) is 0 Å². The first-order chi connectivity index (χ1) is 12.2. The molecule has 0 aliphatic carbocycles. The zero-order valence-corrected chi connectivity index (χ0v) is 15.5. The van der Waals surface area contributed by atoms with Crippen LogP contribution in [-0.4, -0.2) is 23.8 Å². The van der Waals surface area contributed by atoms with Crippen LogP contribution in [0.4, 0.5) is 0 Å². The van der Waals surface area contributed by atoms with Gasteiger partial charge < -0.3 is 9.30 Å². The maximum Gasteiger partial charge on any atom is 0.279 e. The van der Waals surface area contributed by atoms with Crippen molar-refractivity contribution >= 4 is 39.2 Å². The van der Waals surface area contributed by atoms with E-state index < -0.39 is 0 Å². The minimum Gasteiger partial charge on any atom is -0.497 e. The number of amides is 1. The summed E-state index contributed by atoms with van der Waals surface area (Å²) in [6.07, 6.45) is 7.47. The van der Waals surface area contributed by atoms with Gasteiger partial charge in [-0.1, -0.05) is 23.3 Å². The van der Waals surface area contributed by atoms with Crippen molar-refractivity contribution in [3.05, 3.63) is 52.8 Å². The van der Waals surface area contributed by atoms with Gasteiger partial charge in [-0.25, -0.2) is 0 Å². The molecule has 6 heteroatoms. The molecule has 0 atom stereocenters. The molecule has 0 saturated carbocycles. The molecule has 0 aliphatic rings. The van der Waals surface area contributed by atoms with Crippen molar-refractivity contribution in [3.8, 4) is 18.1 Å². The van der Waals surface area contributed by atoms with Gasteiger partial charge in [0.15, 0.2) is 4.80 Å². The molecule has 1 amide bonds. The highest BCUT2D eigenvalue weighted by atomic mass is 32.2. The number of benzene rings is 2. The number of aromatic nitrogens is 1. The molecule has 0 spiro atoms. The van der Waals surface area contributed by atoms with Crippen molar-refractivity contribution in [1.29, 1.82) is 0 Å². The van der Waals surface area contributed by atoms with Crippen molar-refractivity contribution in [2.45, 2.75) is 11.4 Å². The van der Waals surface area contributed by atoms with Crippen molar-refractivity contribution in [1.82, 2.24) is 4.57 Å². The number of carbonyl (C=O) groups excluding carboxylic acids is 1. The number of ether oxygens (including phenoxy) is 1. The van der Waals surface area contributed by atoms with E-state index in [2.05, 4.69) is 10.9 Å². The largest absolute Gasteiger partial charge is 0.497 e. The fourth-order valence-electron chi connectivity index (χ4n) is 2.42. The molecule has 0 radical (unpaired) electrons. The number of carbonyl (C=O) groups is 1. The Hall–Kier alpha value is -2.49. The molecular weight excluding hydrogens is 352 g/mol. The van der Waals surface area contributed by atoms with E-state index in [1.165, 1.54) is 11.3 Å². The SMILES string of the molecule is C#CCn1c(=NC(=O)c2cccc(SC)c2)sc2cc(OC)ccc21. The lowest BCUT2D eigenvalue weighted by molar-refractivity contribution is 0.0997. The Morgan fingerprint density at radius 1 is 1.36 bits per heavy atom. The first-order valence-electron chi connectivity index (χ1n) is 7.50. The Labute approximate surface area is 154 Å². The normalized spacial score (nSPS) is 11.5. The van der Waals surface area contributed by atoms with Gasteiger partial charge in [0.05, 0.1) is 23.9 Å². The second kappa shape index (κ2) is 7.60. The number of fused-ring (bicyclic) bond motifs is 1. The summed E-state index contributed by atoms with van der Waals surface area (Å²) in [5.74, 6) is 3.11. The molecule has 4 nitrogen and oxygen atoms in total. The molecule has 0 N–H and O–H groups in total. The third kappa shape index (κ3) is 3.63. The first-order valence-corrected chi connectivity index (χ1v) is 9.54. The summed E-state index contributed by atoms with van der Waals surface area (Å²) >= 11 is 3.01. The number of hydrogen-bond donors (Lipinski definition) is 0. The molecule has 25 heavy (non-hydrogen) atoms. The van der Waals surface area contributed by atoms with Crippen LogP contribution in [0.3, 0.4) is 0 Å². The molecule has 0 aliphatic heterocycles. The zero-order valence-electron chi connectivity index (χ0n) is 13.9. The summed E-state index contributed by atoms with van der Waals surface area (Å²) in [5.41, 5.74) is 1.50. The smallest absolute Gasteiger partial charge is 0.279 e. The monoisotopic (exact) mass is 368 g/mol. The lowest BCUT2D eigenvalue weighted by Crippen LogP contribution is -2.16. The van der Waals surface area contributed by atoms with E-state index in [1.807, 2.05) is 47.2 Å². The van der Waals surface area contributed by atoms with Crippen LogP contribution in [0, 0.1) is 12.3 Å². The minimum atomic E-state index is -0.278. The molecule has 1 heterocycles. The molecular formula is C19H16N2O2S2. The highest BCUT2D eigenvalue weighted by molar-refractivity contribution is 7.98. The van der Waals surface area contributed by atoms with Crippen molar-refractivity contribution in [2.24, 2.45) is 4.99 Å². The van der Waals surface area contributed by atoms with Crippen molar-refractivity contribution < 1.29 is 9.53 Å². The van der Waals surface area contributed by atoms with Gasteiger partial charge in [-0.2, -0.15) is 4.99 Å². The molecule has 1 aromatic heterocycles. The summed E-state index contributed by atoms with van der Waals surface area (Å²) in [5, 5.41) is 0. The van der Waals surface area contributed by atoms with Crippen LogP contribution in [0.1, 0.15) is 10.4 Å². The average Bonchev–Trinajstić information content (AvgIpc) is 2.98. The summed E-state index contributed by atoms with van der Waals surface area (Å²) < 4.78 is 8.11. The quantitative estimate of drug-likeness (QED) is 0.520. The predicted octanol–water partition coefficient (Wildman–Crippen LogP) is 3.81. The molecule has 2 aromatic carbocycles. The highest BCUT2D eigenvalue weighted by Crippen LogP contribution is 2.23. The van der Waals surface area contributed by atoms with Crippen LogP contribution < -0.4 is 9.54 Å². The van der Waals surface area contributed by atoms with Gasteiger partial charge >= 0.3 is 0 Å². The predicted molar refractivity (Wildman–Crippen MR) is 103 cm³/mol. The molecule has 0 bridgehead atoms. The highest BCUT2D eigenvalue weighted by Gasteiger charge is 2.10. The third-order valence-corrected chi connectivity index (χ3v) is 5.42. The van der Waals surface area contributed by atoms with E-state index in [-0.39, 0.29) is 5.91 Å². The lowest BCUT2D eigenvalue weighted by atomic mass is 10.2. The first kappa shape index (κ1) is 17.3. The Morgan fingerprint density at radius 3 is 2.92 bits per heavy atom. The lowest BCUT2D eigenvalue weighted by Gasteiger charge is -2.02. The Morgan fingerprint density at radius 2 is 2.20 bits per heavy atom. The standard InChI is InChI=1S/C19H16N2O2S2/c1-4-10-21-16-9-8-14(23-2)12-17(16)25-19(21)20-18(22)13-6-5-7-15(11-13)24-3/h1,5-9,11-12H,10H2,2-3H3. The van der Waals surface area contributed by atoms with E-state index >= 15 is 0 Å². The van der Waals surface area contributed by atoms with Crippen LogP contribution in [0.2, 0.25) is 0 Å². The van der Waals surface area contributed by atoms with Gasteiger partial charge in [-0.3, -0.25) is 4.79 Å². The van der Waals surface area contributed by atoms with E-state index in [0.29, 0.717) is 16.9 Å². The van der Waals surface area contributed by atoms with Gasteiger partial charge in [-0.15, -0.1) is 18.2 Å². The Balaban J connectivity index is 2.12. The van der Waals surface area contributed by atoms with E-state index in [4.69, 9.17) is 11.2 Å². The molecule has 3 aromatic rings. The average molecular weight is 368 g/mol.